The van der Waals surface area contributed by atoms with Gasteiger partial charge in [-0.1, -0.05) is 50.3 Å². The lowest BCUT2D eigenvalue weighted by Gasteiger charge is -2.09. The van der Waals surface area contributed by atoms with Crippen molar-refractivity contribution in [3.8, 4) is 0 Å². The lowest BCUT2D eigenvalue weighted by molar-refractivity contribution is 0.627. The van der Waals surface area contributed by atoms with E-state index in [9.17, 15) is 4.39 Å². The zero-order chi connectivity index (χ0) is 11.5. The summed E-state index contributed by atoms with van der Waals surface area (Å²) >= 11 is 0. The molecule has 0 atom stereocenters. The van der Waals surface area contributed by atoms with Gasteiger partial charge < -0.3 is 0 Å². The van der Waals surface area contributed by atoms with Gasteiger partial charge in [-0.15, -0.1) is 0 Å². The lowest BCUT2D eigenvalue weighted by atomic mass is 9.96. The van der Waals surface area contributed by atoms with Crippen molar-refractivity contribution < 1.29 is 4.39 Å². The summed E-state index contributed by atoms with van der Waals surface area (Å²) in [6, 6.07) is 9.45. The number of benzene rings is 2. The van der Waals surface area contributed by atoms with Crippen molar-refractivity contribution >= 4 is 16.8 Å². The van der Waals surface area contributed by atoms with Gasteiger partial charge in [-0.2, -0.15) is 0 Å². The maximum Gasteiger partial charge on any atom is 0.131 e. The van der Waals surface area contributed by atoms with E-state index in [1.165, 1.54) is 11.6 Å². The van der Waals surface area contributed by atoms with Gasteiger partial charge in [-0.3, -0.25) is 0 Å². The van der Waals surface area contributed by atoms with Crippen LogP contribution in [-0.2, 0) is 6.42 Å². The third-order valence-corrected chi connectivity index (χ3v) is 2.84. The Labute approximate surface area is 95.4 Å². The van der Waals surface area contributed by atoms with Crippen LogP contribution in [0.15, 0.2) is 36.9 Å². The minimum absolute atomic E-state index is 0.189. The van der Waals surface area contributed by atoms with E-state index in [0.717, 1.165) is 23.6 Å². The Morgan fingerprint density at radius 1 is 1.25 bits per heavy atom. The molecule has 0 aliphatic heterocycles. The van der Waals surface area contributed by atoms with E-state index < -0.39 is 0 Å². The molecular formula is C15H15F. The Morgan fingerprint density at radius 2 is 2.06 bits per heavy atom. The zero-order valence-corrected chi connectivity index (χ0v) is 9.46. The zero-order valence-electron chi connectivity index (χ0n) is 9.46. The monoisotopic (exact) mass is 214 g/mol. The molecule has 0 aliphatic carbocycles. The normalized spacial score (nSPS) is 10.6. The number of hydrogen-bond donors (Lipinski definition) is 0. The molecule has 0 unspecified atom stereocenters. The van der Waals surface area contributed by atoms with E-state index in [4.69, 9.17) is 0 Å². The van der Waals surface area contributed by atoms with Crippen LogP contribution in [0.4, 0.5) is 4.39 Å². The van der Waals surface area contributed by atoms with E-state index in [1.807, 2.05) is 18.2 Å². The number of fused-ring (bicyclic) bond motifs is 1. The summed E-state index contributed by atoms with van der Waals surface area (Å²) in [7, 11) is 0. The van der Waals surface area contributed by atoms with Crippen molar-refractivity contribution in [1.29, 1.82) is 0 Å². The Hall–Kier alpha value is -1.63. The molecule has 0 aromatic heterocycles. The highest BCUT2D eigenvalue weighted by molar-refractivity contribution is 5.93. The van der Waals surface area contributed by atoms with Gasteiger partial charge in [0.15, 0.2) is 0 Å². The first-order chi connectivity index (χ1) is 7.77. The van der Waals surface area contributed by atoms with Crippen molar-refractivity contribution in [3.63, 3.8) is 0 Å². The molecule has 0 nitrogen and oxygen atoms in total. The fourth-order valence-corrected chi connectivity index (χ4v) is 2.14. The molecular weight excluding hydrogens is 199 g/mol. The molecule has 0 heterocycles. The summed E-state index contributed by atoms with van der Waals surface area (Å²) in [6.07, 6.45) is 3.64. The summed E-state index contributed by atoms with van der Waals surface area (Å²) in [5.74, 6) is -0.189. The van der Waals surface area contributed by atoms with Gasteiger partial charge in [-0.25, -0.2) is 4.39 Å². The molecule has 0 N–H and O–H groups in total. The summed E-state index contributed by atoms with van der Waals surface area (Å²) in [5.41, 5.74) is 1.83. The SMILES string of the molecule is C=Cc1c(F)ccc2cccc(CCC)c12. The third kappa shape index (κ3) is 1.73. The Balaban J connectivity index is 2.81. The fraction of sp³-hybridized carbons (Fsp3) is 0.200. The average molecular weight is 214 g/mol. The highest BCUT2D eigenvalue weighted by Crippen LogP contribution is 2.27. The maximum atomic E-state index is 13.7. The van der Waals surface area contributed by atoms with Crippen molar-refractivity contribution in [2.75, 3.05) is 0 Å². The van der Waals surface area contributed by atoms with Crippen LogP contribution in [0.25, 0.3) is 16.8 Å². The van der Waals surface area contributed by atoms with Crippen LogP contribution < -0.4 is 0 Å². The highest BCUT2D eigenvalue weighted by Gasteiger charge is 2.07. The molecule has 16 heavy (non-hydrogen) atoms. The first-order valence-corrected chi connectivity index (χ1v) is 5.60. The van der Waals surface area contributed by atoms with E-state index in [1.54, 1.807) is 6.08 Å². The van der Waals surface area contributed by atoms with Gasteiger partial charge in [0, 0.05) is 5.56 Å². The van der Waals surface area contributed by atoms with Gasteiger partial charge in [0.1, 0.15) is 5.82 Å². The molecule has 0 bridgehead atoms. The van der Waals surface area contributed by atoms with Crippen LogP contribution >= 0.6 is 0 Å². The van der Waals surface area contributed by atoms with Crippen molar-refractivity contribution in [1.82, 2.24) is 0 Å². The predicted octanol–water partition coefficient (Wildman–Crippen LogP) is 4.57. The molecule has 2 aromatic carbocycles. The molecule has 2 rings (SSSR count). The second-order valence-electron chi connectivity index (χ2n) is 3.93. The highest BCUT2D eigenvalue weighted by atomic mass is 19.1. The molecule has 0 aliphatic rings. The number of halogens is 1. The van der Waals surface area contributed by atoms with E-state index in [0.29, 0.717) is 5.56 Å². The number of rotatable bonds is 3. The minimum atomic E-state index is -0.189. The first kappa shape index (κ1) is 10.9. The molecule has 0 amide bonds. The molecule has 82 valence electrons. The van der Waals surface area contributed by atoms with Crippen molar-refractivity contribution in [3.05, 3.63) is 53.9 Å². The average Bonchev–Trinajstić information content (AvgIpc) is 2.30. The lowest BCUT2D eigenvalue weighted by Crippen LogP contribution is -1.91. The smallest absolute Gasteiger partial charge is 0.131 e. The van der Waals surface area contributed by atoms with Gasteiger partial charge in [0.25, 0.3) is 0 Å². The molecule has 0 saturated carbocycles. The molecule has 0 fully saturated rings. The standard InChI is InChI=1S/C15H15F/c1-3-6-11-7-5-8-12-9-10-14(16)13(4-2)15(11)12/h4-5,7-10H,2-3,6H2,1H3. The fourth-order valence-electron chi connectivity index (χ4n) is 2.14. The van der Waals surface area contributed by atoms with Crippen LogP contribution in [-0.4, -0.2) is 0 Å². The minimum Gasteiger partial charge on any atom is -0.206 e. The predicted molar refractivity (Wildman–Crippen MR) is 68.0 cm³/mol. The number of hydrogen-bond acceptors (Lipinski definition) is 0. The van der Waals surface area contributed by atoms with Crippen LogP contribution in [0.1, 0.15) is 24.5 Å². The summed E-state index contributed by atoms with van der Waals surface area (Å²) in [5, 5.41) is 2.10. The summed E-state index contributed by atoms with van der Waals surface area (Å²) in [4.78, 5) is 0. The van der Waals surface area contributed by atoms with Crippen molar-refractivity contribution in [2.24, 2.45) is 0 Å². The number of aryl methyl sites for hydroxylation is 1. The van der Waals surface area contributed by atoms with Crippen LogP contribution in [0.5, 0.6) is 0 Å². The van der Waals surface area contributed by atoms with Gasteiger partial charge in [-0.05, 0) is 28.8 Å². The van der Waals surface area contributed by atoms with Crippen molar-refractivity contribution in [2.45, 2.75) is 19.8 Å². The molecule has 0 radical (unpaired) electrons. The Morgan fingerprint density at radius 3 is 2.75 bits per heavy atom. The maximum absolute atomic E-state index is 13.7. The largest absolute Gasteiger partial charge is 0.206 e. The van der Waals surface area contributed by atoms with E-state index in [-0.39, 0.29) is 5.82 Å². The Kier molecular flexibility index (Phi) is 3.04. The Bertz CT molecular complexity index is 526. The van der Waals surface area contributed by atoms with Gasteiger partial charge in [0.2, 0.25) is 0 Å². The summed E-state index contributed by atoms with van der Waals surface area (Å²) < 4.78 is 13.7. The van der Waals surface area contributed by atoms with Gasteiger partial charge in [0.05, 0.1) is 0 Å². The molecule has 1 heteroatoms. The first-order valence-electron chi connectivity index (χ1n) is 5.60. The summed E-state index contributed by atoms with van der Waals surface area (Å²) in [6.45, 7) is 5.83. The van der Waals surface area contributed by atoms with E-state index >= 15 is 0 Å². The quantitative estimate of drug-likeness (QED) is 0.701. The van der Waals surface area contributed by atoms with Crippen LogP contribution in [0, 0.1) is 5.82 Å². The van der Waals surface area contributed by atoms with E-state index in [2.05, 4.69) is 19.6 Å². The molecule has 0 spiro atoms. The van der Waals surface area contributed by atoms with Crippen LogP contribution in [0.3, 0.4) is 0 Å². The second kappa shape index (κ2) is 4.48. The second-order valence-corrected chi connectivity index (χ2v) is 3.93. The molecule has 2 aromatic rings. The topological polar surface area (TPSA) is 0 Å². The van der Waals surface area contributed by atoms with Gasteiger partial charge >= 0.3 is 0 Å². The molecule has 0 saturated heterocycles. The third-order valence-electron chi connectivity index (χ3n) is 2.84. The van der Waals surface area contributed by atoms with Crippen LogP contribution in [0.2, 0.25) is 0 Å².